The molecule has 2 N–H and O–H groups in total. The summed E-state index contributed by atoms with van der Waals surface area (Å²) in [4.78, 5) is 27.2. The van der Waals surface area contributed by atoms with E-state index in [1.165, 1.54) is 11.1 Å². The Bertz CT molecular complexity index is 1590. The number of aliphatic carboxylic acids is 1. The SMILES string of the molecule is CC[C@@H]1CC/C=C\[C@H](OCC(=O)O)[C@@H]2CC[C@H]2CN2C[C@@]3(CCCc4cc(Cl)ccc43)COc3ccc(cc32)C(=O)NS1(=O)=O. The molecule has 2 aromatic rings. The number of sulfonamides is 1. The number of carboxylic acid groups (broad SMARTS) is 1. The summed E-state index contributed by atoms with van der Waals surface area (Å²) in [7, 11) is -3.94. The van der Waals surface area contributed by atoms with Crippen LogP contribution in [0, 0.1) is 11.8 Å². The number of benzene rings is 2. The van der Waals surface area contributed by atoms with E-state index in [1.807, 2.05) is 18.2 Å². The van der Waals surface area contributed by atoms with Crippen molar-refractivity contribution in [3.05, 3.63) is 70.3 Å². The molecule has 0 aromatic heterocycles. The first-order valence-corrected chi connectivity index (χ1v) is 17.9. The van der Waals surface area contributed by atoms with Crippen LogP contribution < -0.4 is 14.4 Å². The molecule has 1 saturated carbocycles. The number of nitrogens with one attached hydrogen (secondary N) is 1. The summed E-state index contributed by atoms with van der Waals surface area (Å²) >= 11 is 6.40. The second-order valence-corrected chi connectivity index (χ2v) is 15.4. The fourth-order valence-corrected chi connectivity index (χ4v) is 9.27. The van der Waals surface area contributed by atoms with Crippen molar-refractivity contribution in [2.45, 2.75) is 75.1 Å². The number of anilines is 1. The van der Waals surface area contributed by atoms with E-state index in [0.29, 0.717) is 49.7 Å². The molecule has 2 heterocycles. The molecule has 6 rings (SSSR count). The van der Waals surface area contributed by atoms with Gasteiger partial charge in [-0.3, -0.25) is 4.79 Å². The zero-order chi connectivity index (χ0) is 31.8. The topological polar surface area (TPSA) is 122 Å². The van der Waals surface area contributed by atoms with Gasteiger partial charge in [-0.05, 0) is 105 Å². The predicted octanol–water partition coefficient (Wildman–Crippen LogP) is 5.50. The van der Waals surface area contributed by atoms with Crippen molar-refractivity contribution in [2.24, 2.45) is 11.8 Å². The highest BCUT2D eigenvalue weighted by molar-refractivity contribution is 7.90. The Morgan fingerprint density at radius 3 is 2.80 bits per heavy atom. The Hall–Kier alpha value is -3.08. The van der Waals surface area contributed by atoms with Gasteiger partial charge >= 0.3 is 5.97 Å². The fourth-order valence-electron chi connectivity index (χ4n) is 7.64. The number of carbonyl (C=O) groups excluding carboxylic acids is 1. The molecule has 11 heteroatoms. The lowest BCUT2D eigenvalue weighted by Gasteiger charge is -2.46. The lowest BCUT2D eigenvalue weighted by molar-refractivity contribution is -0.145. The van der Waals surface area contributed by atoms with Crippen LogP contribution in [0.25, 0.3) is 0 Å². The second-order valence-electron chi connectivity index (χ2n) is 13.0. The highest BCUT2D eigenvalue weighted by Crippen LogP contribution is 2.47. The van der Waals surface area contributed by atoms with Crippen molar-refractivity contribution in [1.29, 1.82) is 0 Å². The Morgan fingerprint density at radius 2 is 2.04 bits per heavy atom. The van der Waals surface area contributed by atoms with Gasteiger partial charge in [-0.25, -0.2) is 17.9 Å². The zero-order valence-corrected chi connectivity index (χ0v) is 27.1. The summed E-state index contributed by atoms with van der Waals surface area (Å²) in [6.45, 7) is 3.16. The van der Waals surface area contributed by atoms with Gasteiger partial charge in [0.15, 0.2) is 0 Å². The molecule has 0 saturated heterocycles. The molecule has 2 aliphatic heterocycles. The van der Waals surface area contributed by atoms with Crippen molar-refractivity contribution in [2.75, 3.05) is 31.2 Å². The molecule has 5 atom stereocenters. The number of rotatable bonds is 4. The molecule has 9 nitrogen and oxygen atoms in total. The highest BCUT2D eigenvalue weighted by Gasteiger charge is 2.44. The maximum atomic E-state index is 13.4. The minimum Gasteiger partial charge on any atom is -0.490 e. The Kier molecular flexibility index (Phi) is 9.19. The number of nitrogens with zero attached hydrogens (tertiary/aromatic N) is 1. The van der Waals surface area contributed by atoms with Gasteiger partial charge < -0.3 is 19.5 Å². The highest BCUT2D eigenvalue weighted by atomic mass is 35.5. The van der Waals surface area contributed by atoms with E-state index >= 15 is 0 Å². The number of fused-ring (bicyclic) bond motifs is 4. The molecule has 1 fully saturated rings. The van der Waals surface area contributed by atoms with Crippen molar-refractivity contribution >= 4 is 39.2 Å². The zero-order valence-electron chi connectivity index (χ0n) is 25.5. The first kappa shape index (κ1) is 31.9. The normalized spacial score (nSPS) is 30.1. The van der Waals surface area contributed by atoms with Gasteiger partial charge in [0.1, 0.15) is 12.4 Å². The Morgan fingerprint density at radius 1 is 1.20 bits per heavy atom. The van der Waals surface area contributed by atoms with E-state index in [1.54, 1.807) is 25.1 Å². The lowest BCUT2D eigenvalue weighted by Crippen LogP contribution is -2.49. The van der Waals surface area contributed by atoms with Gasteiger partial charge in [-0.15, -0.1) is 0 Å². The van der Waals surface area contributed by atoms with Crippen LogP contribution >= 0.6 is 11.6 Å². The molecule has 2 bridgehead atoms. The third-order valence-corrected chi connectivity index (χ3v) is 12.3. The summed E-state index contributed by atoms with van der Waals surface area (Å²) < 4.78 is 41.4. The average Bonchev–Trinajstić information content (AvgIpc) is 3.13. The summed E-state index contributed by atoms with van der Waals surface area (Å²) in [5, 5.41) is 9.33. The molecule has 2 aromatic carbocycles. The van der Waals surface area contributed by atoms with Crippen LogP contribution in [0.2, 0.25) is 5.02 Å². The number of amides is 1. The minimum absolute atomic E-state index is 0.103. The Balaban J connectivity index is 1.42. The van der Waals surface area contributed by atoms with Crippen molar-refractivity contribution in [3.63, 3.8) is 0 Å². The van der Waals surface area contributed by atoms with Gasteiger partial charge in [0.25, 0.3) is 5.91 Å². The van der Waals surface area contributed by atoms with Crippen LogP contribution in [0.15, 0.2) is 48.6 Å². The largest absolute Gasteiger partial charge is 0.490 e. The quantitative estimate of drug-likeness (QED) is 0.414. The van der Waals surface area contributed by atoms with Crippen LogP contribution in [-0.4, -0.2) is 63.1 Å². The van der Waals surface area contributed by atoms with E-state index in [-0.39, 0.29) is 22.8 Å². The van der Waals surface area contributed by atoms with Gasteiger partial charge in [0, 0.05) is 29.1 Å². The van der Waals surface area contributed by atoms with E-state index < -0.39 is 39.9 Å². The summed E-state index contributed by atoms with van der Waals surface area (Å²) in [5.41, 5.74) is 3.15. The molecule has 45 heavy (non-hydrogen) atoms. The van der Waals surface area contributed by atoms with Crippen LogP contribution in [0.5, 0.6) is 5.75 Å². The number of hydrogen-bond acceptors (Lipinski definition) is 7. The van der Waals surface area contributed by atoms with E-state index in [0.717, 1.165) is 37.8 Å². The molecular formula is C34H41ClN2O7S. The fraction of sp³-hybridized carbons (Fsp3) is 0.529. The van der Waals surface area contributed by atoms with Crippen LogP contribution in [0.3, 0.4) is 0 Å². The van der Waals surface area contributed by atoms with E-state index in [4.69, 9.17) is 21.1 Å². The Labute approximate surface area is 270 Å². The monoisotopic (exact) mass is 656 g/mol. The number of aryl methyl sites for hydroxylation is 1. The summed E-state index contributed by atoms with van der Waals surface area (Å²) in [6.07, 6.45) is 9.28. The van der Waals surface area contributed by atoms with Crippen molar-refractivity contribution in [1.82, 2.24) is 4.72 Å². The standard InChI is InChI=1S/C34H41ClN2O7S/c1-2-26-7-3-4-8-30(43-19-32(38)39)27-12-9-24(27)18-37-20-34(15-5-6-22-16-25(35)11-13-28(22)34)21-44-31-14-10-23(17-29(31)37)33(40)36-45(26,41)42/h4,8,10-11,13-14,16-17,24,26-27,30H,2-3,5-7,9,12,15,18-21H2,1H3,(H,36,40)(H,38,39)/b8-4-/t24-,26+,27+,30-,34-/m0/s1. The first-order valence-electron chi connectivity index (χ1n) is 16.0. The van der Waals surface area contributed by atoms with Crippen LogP contribution in [0.1, 0.15) is 73.4 Å². The average molecular weight is 657 g/mol. The van der Waals surface area contributed by atoms with Gasteiger partial charge in [0.05, 0.1) is 23.6 Å². The molecule has 1 spiro atoms. The number of ether oxygens (including phenoxy) is 2. The number of halogens is 1. The summed E-state index contributed by atoms with van der Waals surface area (Å²) in [5.74, 6) is -0.706. The van der Waals surface area contributed by atoms with Gasteiger partial charge in [0.2, 0.25) is 10.0 Å². The molecule has 0 unspecified atom stereocenters. The van der Waals surface area contributed by atoms with Gasteiger partial charge in [-0.2, -0.15) is 0 Å². The molecule has 242 valence electrons. The maximum Gasteiger partial charge on any atom is 0.329 e. The van der Waals surface area contributed by atoms with Gasteiger partial charge in [-0.1, -0.05) is 36.7 Å². The number of carbonyl (C=O) groups is 2. The summed E-state index contributed by atoms with van der Waals surface area (Å²) in [6, 6.07) is 11.3. The molecule has 4 aliphatic rings. The number of allylic oxidation sites excluding steroid dienone is 1. The first-order chi connectivity index (χ1) is 21.6. The molecule has 1 amide bonds. The van der Waals surface area contributed by atoms with Crippen LogP contribution in [0.4, 0.5) is 5.69 Å². The predicted molar refractivity (Wildman–Crippen MR) is 173 cm³/mol. The van der Waals surface area contributed by atoms with Crippen molar-refractivity contribution in [3.8, 4) is 5.75 Å². The smallest absolute Gasteiger partial charge is 0.329 e. The third kappa shape index (κ3) is 6.60. The minimum atomic E-state index is -3.94. The number of hydrogen-bond donors (Lipinski definition) is 2. The van der Waals surface area contributed by atoms with E-state index in [9.17, 15) is 23.1 Å². The number of carboxylic acids is 1. The lowest BCUT2D eigenvalue weighted by atomic mass is 9.68. The molecular weight excluding hydrogens is 616 g/mol. The molecule has 2 aliphatic carbocycles. The van der Waals surface area contributed by atoms with Crippen molar-refractivity contribution < 1.29 is 32.6 Å². The molecule has 0 radical (unpaired) electrons. The third-order valence-electron chi connectivity index (χ3n) is 10.2. The van der Waals surface area contributed by atoms with Crippen LogP contribution in [-0.2, 0) is 31.4 Å². The second kappa shape index (κ2) is 13.0. The maximum absolute atomic E-state index is 13.4. The van der Waals surface area contributed by atoms with E-state index in [2.05, 4.69) is 21.8 Å².